The van der Waals surface area contributed by atoms with Crippen LogP contribution in [0.1, 0.15) is 0 Å². The van der Waals surface area contributed by atoms with Crippen LogP contribution in [0.15, 0.2) is 45.8 Å². The van der Waals surface area contributed by atoms with Crippen molar-refractivity contribution >= 4 is 43.4 Å². The van der Waals surface area contributed by atoms with Crippen LogP contribution in [-0.4, -0.2) is 13.4 Å². The molecule has 1 aromatic carbocycles. The molecule has 0 bridgehead atoms. The number of hydrogen-bond acceptors (Lipinski definition) is 3. The van der Waals surface area contributed by atoms with Crippen molar-refractivity contribution in [2.45, 2.75) is 4.90 Å². The average molecular weight is 366 g/mol. The topological polar surface area (TPSA) is 59.1 Å². The molecule has 1 aromatic heterocycles. The first-order chi connectivity index (χ1) is 8.88. The molecule has 0 aliphatic heterocycles. The van der Waals surface area contributed by atoms with Crippen molar-refractivity contribution in [3.63, 3.8) is 0 Å². The highest BCUT2D eigenvalue weighted by atomic mass is 79.9. The average Bonchev–Trinajstić information content (AvgIpc) is 2.27. The van der Waals surface area contributed by atoms with Crippen molar-refractivity contribution < 1.29 is 12.8 Å². The molecule has 0 unspecified atom stereocenters. The number of sulfonamides is 1. The van der Waals surface area contributed by atoms with Gasteiger partial charge in [0.15, 0.2) is 0 Å². The standard InChI is InChI=1S/C11H7BrClFN2O2S/c12-7-4-5-9(8(13)6-7)19(17,18)16-11-3-1-2-10(14)15-11/h1-6H,(H,15,16). The summed E-state index contributed by atoms with van der Waals surface area (Å²) in [6.07, 6.45) is 0. The summed E-state index contributed by atoms with van der Waals surface area (Å²) in [5.74, 6) is -0.888. The van der Waals surface area contributed by atoms with Crippen LogP contribution in [0.4, 0.5) is 10.2 Å². The number of pyridine rings is 1. The summed E-state index contributed by atoms with van der Waals surface area (Å²) in [7, 11) is -3.91. The third kappa shape index (κ3) is 3.43. The van der Waals surface area contributed by atoms with E-state index < -0.39 is 16.0 Å². The first-order valence-corrected chi connectivity index (χ1v) is 7.64. The third-order valence-electron chi connectivity index (χ3n) is 2.14. The fourth-order valence-electron chi connectivity index (χ4n) is 1.35. The Kier molecular flexibility index (Phi) is 4.07. The molecule has 0 atom stereocenters. The second-order valence-corrected chi connectivity index (χ2v) is 6.50. The Morgan fingerprint density at radius 3 is 2.63 bits per heavy atom. The molecule has 0 aliphatic carbocycles. The Hall–Kier alpha value is -1.18. The molecule has 0 saturated carbocycles. The molecule has 0 spiro atoms. The van der Waals surface area contributed by atoms with Crippen molar-refractivity contribution in [1.29, 1.82) is 0 Å². The van der Waals surface area contributed by atoms with Gasteiger partial charge in [-0.25, -0.2) is 13.4 Å². The predicted octanol–water partition coefficient (Wildman–Crippen LogP) is 3.44. The summed E-state index contributed by atoms with van der Waals surface area (Å²) in [4.78, 5) is 3.31. The molecule has 0 amide bonds. The maximum Gasteiger partial charge on any atom is 0.264 e. The zero-order chi connectivity index (χ0) is 14.0. The van der Waals surface area contributed by atoms with Crippen LogP contribution in [0.2, 0.25) is 5.02 Å². The molecular weight excluding hydrogens is 359 g/mol. The molecule has 100 valence electrons. The number of rotatable bonds is 3. The maximum absolute atomic E-state index is 12.9. The van der Waals surface area contributed by atoms with Gasteiger partial charge in [-0.1, -0.05) is 33.6 Å². The second-order valence-electron chi connectivity index (χ2n) is 3.53. The van der Waals surface area contributed by atoms with Gasteiger partial charge in [-0.15, -0.1) is 0 Å². The maximum atomic E-state index is 12.9. The van der Waals surface area contributed by atoms with Gasteiger partial charge in [-0.2, -0.15) is 4.39 Å². The van der Waals surface area contributed by atoms with Crippen molar-refractivity contribution in [2.75, 3.05) is 4.72 Å². The lowest BCUT2D eigenvalue weighted by Crippen LogP contribution is -2.14. The van der Waals surface area contributed by atoms with E-state index in [0.29, 0.717) is 4.47 Å². The van der Waals surface area contributed by atoms with Crippen molar-refractivity contribution in [3.05, 3.63) is 51.8 Å². The zero-order valence-electron chi connectivity index (χ0n) is 9.27. The minimum absolute atomic E-state index is 0.0540. The van der Waals surface area contributed by atoms with Gasteiger partial charge < -0.3 is 0 Å². The van der Waals surface area contributed by atoms with Crippen LogP contribution in [-0.2, 0) is 10.0 Å². The SMILES string of the molecule is O=S(=O)(Nc1cccc(F)n1)c1ccc(Br)cc1Cl. The minimum atomic E-state index is -3.91. The fraction of sp³-hybridized carbons (Fsp3) is 0. The molecular formula is C11H7BrClFN2O2S. The molecule has 4 nitrogen and oxygen atoms in total. The number of nitrogens with one attached hydrogen (secondary N) is 1. The van der Waals surface area contributed by atoms with E-state index in [1.54, 1.807) is 6.07 Å². The number of halogens is 3. The van der Waals surface area contributed by atoms with E-state index in [2.05, 4.69) is 25.6 Å². The van der Waals surface area contributed by atoms with Crippen LogP contribution in [0, 0.1) is 5.95 Å². The van der Waals surface area contributed by atoms with Crippen LogP contribution in [0.3, 0.4) is 0 Å². The van der Waals surface area contributed by atoms with Crippen LogP contribution < -0.4 is 4.72 Å². The molecule has 1 heterocycles. The summed E-state index contributed by atoms with van der Waals surface area (Å²) in [5, 5.41) is 0.0540. The first-order valence-electron chi connectivity index (χ1n) is 4.99. The van der Waals surface area contributed by atoms with Crippen LogP contribution >= 0.6 is 27.5 Å². The summed E-state index contributed by atoms with van der Waals surface area (Å²) >= 11 is 9.05. The van der Waals surface area contributed by atoms with E-state index in [1.807, 2.05) is 0 Å². The zero-order valence-corrected chi connectivity index (χ0v) is 12.4. The van der Waals surface area contributed by atoms with E-state index in [-0.39, 0.29) is 15.7 Å². The lowest BCUT2D eigenvalue weighted by Gasteiger charge is -2.08. The lowest BCUT2D eigenvalue weighted by atomic mass is 10.4. The Balaban J connectivity index is 2.38. The lowest BCUT2D eigenvalue weighted by molar-refractivity contribution is 0.584. The van der Waals surface area contributed by atoms with E-state index in [9.17, 15) is 12.8 Å². The second kappa shape index (κ2) is 5.44. The van der Waals surface area contributed by atoms with Gasteiger partial charge in [0.1, 0.15) is 10.7 Å². The van der Waals surface area contributed by atoms with E-state index in [1.165, 1.54) is 24.3 Å². The van der Waals surface area contributed by atoms with Gasteiger partial charge in [-0.05, 0) is 30.3 Å². The highest BCUT2D eigenvalue weighted by Gasteiger charge is 2.18. The van der Waals surface area contributed by atoms with E-state index >= 15 is 0 Å². The summed E-state index contributed by atoms with van der Waals surface area (Å²) in [6.45, 7) is 0. The molecule has 0 radical (unpaired) electrons. The fourth-order valence-corrected chi connectivity index (χ4v) is 3.39. The quantitative estimate of drug-likeness (QED) is 0.848. The van der Waals surface area contributed by atoms with Crippen LogP contribution in [0.5, 0.6) is 0 Å². The highest BCUT2D eigenvalue weighted by molar-refractivity contribution is 9.10. The molecule has 1 N–H and O–H groups in total. The van der Waals surface area contributed by atoms with E-state index in [0.717, 1.165) is 6.07 Å². The molecule has 2 rings (SSSR count). The Labute approximate surface area is 122 Å². The number of aromatic nitrogens is 1. The summed E-state index contributed by atoms with van der Waals surface area (Å²) in [6, 6.07) is 8.14. The monoisotopic (exact) mass is 364 g/mol. The molecule has 19 heavy (non-hydrogen) atoms. The van der Waals surface area contributed by atoms with Gasteiger partial charge in [0.05, 0.1) is 5.02 Å². The predicted molar refractivity (Wildman–Crippen MR) is 74.2 cm³/mol. The Bertz CT molecular complexity index is 724. The largest absolute Gasteiger partial charge is 0.264 e. The van der Waals surface area contributed by atoms with Gasteiger partial charge >= 0.3 is 0 Å². The molecule has 2 aromatic rings. The number of nitrogens with zero attached hydrogens (tertiary/aromatic N) is 1. The third-order valence-corrected chi connectivity index (χ3v) is 4.47. The summed E-state index contributed by atoms with van der Waals surface area (Å²) in [5.41, 5.74) is 0. The molecule has 8 heteroatoms. The highest BCUT2D eigenvalue weighted by Crippen LogP contribution is 2.26. The molecule has 0 aliphatic rings. The normalized spacial score (nSPS) is 11.3. The van der Waals surface area contributed by atoms with Gasteiger partial charge in [0, 0.05) is 4.47 Å². The first kappa shape index (κ1) is 14.2. The number of hydrogen-bond donors (Lipinski definition) is 1. The molecule has 0 fully saturated rings. The number of anilines is 1. The molecule has 0 saturated heterocycles. The van der Waals surface area contributed by atoms with Gasteiger partial charge in [-0.3, -0.25) is 4.72 Å². The van der Waals surface area contributed by atoms with Gasteiger partial charge in [0.2, 0.25) is 5.95 Å². The van der Waals surface area contributed by atoms with E-state index in [4.69, 9.17) is 11.6 Å². The van der Waals surface area contributed by atoms with Crippen molar-refractivity contribution in [2.24, 2.45) is 0 Å². The smallest absolute Gasteiger partial charge is 0.263 e. The van der Waals surface area contributed by atoms with Crippen molar-refractivity contribution in [1.82, 2.24) is 4.98 Å². The Morgan fingerprint density at radius 1 is 1.26 bits per heavy atom. The van der Waals surface area contributed by atoms with Crippen molar-refractivity contribution in [3.8, 4) is 0 Å². The van der Waals surface area contributed by atoms with Gasteiger partial charge in [0.25, 0.3) is 10.0 Å². The van der Waals surface area contributed by atoms with Crippen LogP contribution in [0.25, 0.3) is 0 Å². The minimum Gasteiger partial charge on any atom is -0.263 e. The summed E-state index contributed by atoms with van der Waals surface area (Å²) < 4.78 is 39.9. The number of benzene rings is 1. The Morgan fingerprint density at radius 2 is 2.00 bits per heavy atom.